The average molecular weight is 613 g/mol. The second kappa shape index (κ2) is 11.6. The highest BCUT2D eigenvalue weighted by atomic mass is 16.4. The fourth-order valence-corrected chi connectivity index (χ4v) is 5.95. The second-order valence-electron chi connectivity index (χ2n) is 12.3. The SMILES string of the molecule is Cc1c(N=C(c2ccccc2)c2ccccc2)c2ccccn2c1C(=O)c1ccc2c(=O)n(C(C(=O)O)C(C)(C)C)c(=O)[nH]c2c1. The first-order chi connectivity index (χ1) is 22.0. The van der Waals surface area contributed by atoms with Crippen molar-refractivity contribution in [2.24, 2.45) is 10.4 Å². The normalized spacial score (nSPS) is 12.3. The van der Waals surface area contributed by atoms with Gasteiger partial charge in [-0.2, -0.15) is 0 Å². The van der Waals surface area contributed by atoms with E-state index in [0.717, 1.165) is 26.9 Å². The van der Waals surface area contributed by atoms with Gasteiger partial charge in [-0.05, 0) is 36.6 Å². The van der Waals surface area contributed by atoms with Gasteiger partial charge in [0.1, 0.15) is 6.04 Å². The Morgan fingerprint density at radius 1 is 0.826 bits per heavy atom. The number of hydrogen-bond acceptors (Lipinski definition) is 5. The van der Waals surface area contributed by atoms with Crippen molar-refractivity contribution in [2.45, 2.75) is 33.7 Å². The molecular weight excluding hydrogens is 580 g/mol. The zero-order valence-corrected chi connectivity index (χ0v) is 25.8. The van der Waals surface area contributed by atoms with Gasteiger partial charge in [-0.1, -0.05) is 93.6 Å². The molecule has 9 heteroatoms. The van der Waals surface area contributed by atoms with Crippen molar-refractivity contribution < 1.29 is 14.7 Å². The molecule has 0 spiro atoms. The van der Waals surface area contributed by atoms with E-state index in [2.05, 4.69) is 4.98 Å². The summed E-state index contributed by atoms with van der Waals surface area (Å²) in [7, 11) is 0. The topological polar surface area (TPSA) is 126 Å². The van der Waals surface area contributed by atoms with Gasteiger partial charge in [-0.15, -0.1) is 0 Å². The van der Waals surface area contributed by atoms with Gasteiger partial charge in [0.05, 0.1) is 33.5 Å². The number of carbonyl (C=O) groups is 2. The minimum atomic E-state index is -1.39. The highest BCUT2D eigenvalue weighted by Gasteiger charge is 2.35. The van der Waals surface area contributed by atoms with Crippen molar-refractivity contribution in [3.8, 4) is 0 Å². The van der Waals surface area contributed by atoms with E-state index in [1.165, 1.54) is 18.2 Å². The summed E-state index contributed by atoms with van der Waals surface area (Å²) in [6, 6.07) is 28.4. The molecule has 6 aromatic rings. The number of aliphatic imine (C=N–C) groups is 1. The van der Waals surface area contributed by atoms with Crippen LogP contribution in [0.2, 0.25) is 0 Å². The Morgan fingerprint density at radius 2 is 1.43 bits per heavy atom. The van der Waals surface area contributed by atoms with E-state index < -0.39 is 28.7 Å². The van der Waals surface area contributed by atoms with Gasteiger partial charge < -0.3 is 14.5 Å². The first kappa shape index (κ1) is 30.2. The van der Waals surface area contributed by atoms with Crippen molar-refractivity contribution in [3.63, 3.8) is 0 Å². The summed E-state index contributed by atoms with van der Waals surface area (Å²) in [5, 5.41) is 9.96. The maximum atomic E-state index is 14.2. The standard InChI is InChI=1S/C37H32N4O5/c1-22-29(39-30(23-13-7-5-8-14-23)24-15-9-6-10-16-24)28-17-11-12-20-40(28)31(22)32(42)25-18-19-26-27(21-25)38-36(46)41(34(26)43)33(35(44)45)37(2,3)4/h5-21,33H,1-4H3,(H,38,46)(H,44,45). The fourth-order valence-electron chi connectivity index (χ4n) is 5.95. The molecule has 230 valence electrons. The van der Waals surface area contributed by atoms with Gasteiger partial charge >= 0.3 is 11.7 Å². The molecule has 9 nitrogen and oxygen atoms in total. The van der Waals surface area contributed by atoms with Crippen LogP contribution in [-0.2, 0) is 4.79 Å². The highest BCUT2D eigenvalue weighted by Crippen LogP contribution is 2.34. The number of H-pyrrole nitrogens is 1. The number of nitrogens with zero attached hydrogens (tertiary/aromatic N) is 3. The molecule has 0 aliphatic carbocycles. The lowest BCUT2D eigenvalue weighted by Crippen LogP contribution is -2.45. The lowest BCUT2D eigenvalue weighted by atomic mass is 9.86. The predicted molar refractivity (Wildman–Crippen MR) is 179 cm³/mol. The number of hydrogen-bond donors (Lipinski definition) is 2. The Morgan fingerprint density at radius 3 is 2.02 bits per heavy atom. The molecule has 0 radical (unpaired) electrons. The minimum Gasteiger partial charge on any atom is -0.480 e. The Bertz CT molecular complexity index is 2250. The van der Waals surface area contributed by atoms with Gasteiger partial charge in [0, 0.05) is 28.5 Å². The number of carboxylic acids is 1. The number of rotatable bonds is 7. The van der Waals surface area contributed by atoms with Crippen molar-refractivity contribution in [1.82, 2.24) is 14.0 Å². The summed E-state index contributed by atoms with van der Waals surface area (Å²) in [6.45, 7) is 6.80. The molecule has 3 aromatic carbocycles. The van der Waals surface area contributed by atoms with Crippen LogP contribution in [0.1, 0.15) is 59.6 Å². The van der Waals surface area contributed by atoms with E-state index in [-0.39, 0.29) is 22.2 Å². The van der Waals surface area contributed by atoms with E-state index in [4.69, 9.17) is 4.99 Å². The number of benzene rings is 3. The molecule has 0 amide bonds. The molecular formula is C37H32N4O5. The van der Waals surface area contributed by atoms with Crippen molar-refractivity contribution >= 4 is 39.6 Å². The molecule has 6 rings (SSSR count). The van der Waals surface area contributed by atoms with Crippen molar-refractivity contribution in [3.05, 3.63) is 152 Å². The number of pyridine rings is 1. The summed E-state index contributed by atoms with van der Waals surface area (Å²) in [5.74, 6) is -1.62. The molecule has 0 fully saturated rings. The lowest BCUT2D eigenvalue weighted by molar-refractivity contribution is -0.144. The molecule has 3 aromatic heterocycles. The maximum absolute atomic E-state index is 14.2. The third-order valence-corrected chi connectivity index (χ3v) is 8.09. The van der Waals surface area contributed by atoms with Crippen molar-refractivity contribution in [1.29, 1.82) is 0 Å². The number of aromatic amines is 1. The third kappa shape index (κ3) is 5.26. The van der Waals surface area contributed by atoms with Crippen LogP contribution in [0.3, 0.4) is 0 Å². The quantitative estimate of drug-likeness (QED) is 0.161. The summed E-state index contributed by atoms with van der Waals surface area (Å²) < 4.78 is 2.54. The number of aromatic nitrogens is 3. The van der Waals surface area contributed by atoms with Gasteiger partial charge in [0.25, 0.3) is 5.56 Å². The number of nitrogens with one attached hydrogen (secondary N) is 1. The van der Waals surface area contributed by atoms with E-state index in [1.807, 2.05) is 85.8 Å². The van der Waals surface area contributed by atoms with Crippen LogP contribution in [0.5, 0.6) is 0 Å². The van der Waals surface area contributed by atoms with E-state index in [1.54, 1.807) is 31.4 Å². The van der Waals surface area contributed by atoms with Gasteiger partial charge in [0.15, 0.2) is 0 Å². The number of ketones is 1. The number of fused-ring (bicyclic) bond motifs is 2. The van der Waals surface area contributed by atoms with Gasteiger partial charge in [-0.3, -0.25) is 9.59 Å². The predicted octanol–water partition coefficient (Wildman–Crippen LogP) is 6.32. The lowest BCUT2D eigenvalue weighted by Gasteiger charge is -2.28. The van der Waals surface area contributed by atoms with Crippen LogP contribution in [0, 0.1) is 12.3 Å². The van der Waals surface area contributed by atoms with E-state index >= 15 is 0 Å². The first-order valence-corrected chi connectivity index (χ1v) is 14.8. The molecule has 3 heterocycles. The molecule has 0 bridgehead atoms. The Hall–Kier alpha value is -5.83. The van der Waals surface area contributed by atoms with Crippen LogP contribution < -0.4 is 11.2 Å². The van der Waals surface area contributed by atoms with Crippen molar-refractivity contribution in [2.75, 3.05) is 0 Å². The summed E-state index contributed by atoms with van der Waals surface area (Å²) >= 11 is 0. The Labute approximate surface area is 264 Å². The molecule has 2 N–H and O–H groups in total. The zero-order chi connectivity index (χ0) is 32.7. The zero-order valence-electron chi connectivity index (χ0n) is 25.8. The summed E-state index contributed by atoms with van der Waals surface area (Å²) in [5.41, 5.74) is 2.93. The molecule has 0 saturated carbocycles. The second-order valence-corrected chi connectivity index (χ2v) is 12.3. The first-order valence-electron chi connectivity index (χ1n) is 14.8. The smallest absolute Gasteiger partial charge is 0.329 e. The number of aliphatic carboxylic acids is 1. The average Bonchev–Trinajstić information content (AvgIpc) is 3.31. The largest absolute Gasteiger partial charge is 0.480 e. The Balaban J connectivity index is 1.51. The molecule has 0 aliphatic rings. The van der Waals surface area contributed by atoms with Crippen LogP contribution in [0.15, 0.2) is 118 Å². The Kier molecular flexibility index (Phi) is 7.61. The number of carboxylic acid groups (broad SMARTS) is 1. The molecule has 0 aliphatic heterocycles. The maximum Gasteiger partial charge on any atom is 0.329 e. The fraction of sp³-hybridized carbons (Fsp3) is 0.162. The minimum absolute atomic E-state index is 0.101. The van der Waals surface area contributed by atoms with Crippen LogP contribution >= 0.6 is 0 Å². The van der Waals surface area contributed by atoms with E-state index in [9.17, 15) is 24.3 Å². The monoisotopic (exact) mass is 612 g/mol. The summed E-state index contributed by atoms with van der Waals surface area (Å²) in [4.78, 5) is 60.6. The highest BCUT2D eigenvalue weighted by molar-refractivity contribution is 6.16. The van der Waals surface area contributed by atoms with E-state index in [0.29, 0.717) is 16.9 Å². The molecule has 0 saturated heterocycles. The third-order valence-electron chi connectivity index (χ3n) is 8.09. The van der Waals surface area contributed by atoms with Gasteiger partial charge in [0.2, 0.25) is 5.78 Å². The van der Waals surface area contributed by atoms with Crippen LogP contribution in [0.4, 0.5) is 5.69 Å². The van der Waals surface area contributed by atoms with Gasteiger partial charge in [-0.25, -0.2) is 19.1 Å². The molecule has 46 heavy (non-hydrogen) atoms. The molecule has 1 unspecified atom stereocenters. The molecule has 1 atom stereocenters. The summed E-state index contributed by atoms with van der Waals surface area (Å²) in [6.07, 6.45) is 1.80. The van der Waals surface area contributed by atoms with Crippen LogP contribution in [0.25, 0.3) is 16.4 Å². The number of carbonyl (C=O) groups excluding carboxylic acids is 1. The van der Waals surface area contributed by atoms with Crippen LogP contribution in [-0.4, -0.2) is 36.5 Å².